The lowest BCUT2D eigenvalue weighted by molar-refractivity contribution is -0.274. The highest BCUT2D eigenvalue weighted by Gasteiger charge is 2.30. The predicted molar refractivity (Wildman–Crippen MR) is 56.4 cm³/mol. The molecular formula is C9H6F3N3OS. The molecular weight excluding hydrogens is 255 g/mol. The van der Waals surface area contributed by atoms with Gasteiger partial charge in [-0.1, -0.05) is 11.3 Å². The lowest BCUT2D eigenvalue weighted by Gasteiger charge is -2.08. The van der Waals surface area contributed by atoms with Crippen LogP contribution in [0.4, 0.5) is 18.3 Å². The monoisotopic (exact) mass is 261 g/mol. The number of ether oxygens (including phenoxy) is 1. The van der Waals surface area contributed by atoms with Crippen LogP contribution >= 0.6 is 11.3 Å². The first-order valence-corrected chi connectivity index (χ1v) is 5.21. The molecule has 1 aromatic heterocycles. The van der Waals surface area contributed by atoms with Crippen molar-refractivity contribution in [1.82, 2.24) is 10.2 Å². The van der Waals surface area contributed by atoms with E-state index < -0.39 is 6.36 Å². The third-order valence-electron chi connectivity index (χ3n) is 1.78. The molecule has 0 amide bonds. The van der Waals surface area contributed by atoms with Crippen molar-refractivity contribution >= 4 is 16.5 Å². The SMILES string of the molecule is Nc1nnc(-c2ccc(OC(F)(F)F)cc2)s1. The lowest BCUT2D eigenvalue weighted by Crippen LogP contribution is -2.16. The Morgan fingerprint density at radius 3 is 2.24 bits per heavy atom. The molecule has 0 aliphatic rings. The summed E-state index contributed by atoms with van der Waals surface area (Å²) >= 11 is 1.15. The molecule has 17 heavy (non-hydrogen) atoms. The quantitative estimate of drug-likeness (QED) is 0.902. The van der Waals surface area contributed by atoms with E-state index in [1.54, 1.807) is 0 Å². The van der Waals surface area contributed by atoms with Gasteiger partial charge in [-0.15, -0.1) is 23.4 Å². The zero-order valence-corrected chi connectivity index (χ0v) is 9.05. The molecule has 0 spiro atoms. The average Bonchev–Trinajstić information content (AvgIpc) is 2.63. The maximum absolute atomic E-state index is 11.9. The third-order valence-corrected chi connectivity index (χ3v) is 2.58. The van der Waals surface area contributed by atoms with E-state index in [0.29, 0.717) is 15.7 Å². The maximum Gasteiger partial charge on any atom is 0.573 e. The van der Waals surface area contributed by atoms with Crippen LogP contribution < -0.4 is 10.5 Å². The second-order valence-corrected chi connectivity index (χ2v) is 4.03. The Kier molecular flexibility index (Phi) is 2.88. The van der Waals surface area contributed by atoms with Crippen molar-refractivity contribution in [3.63, 3.8) is 0 Å². The van der Waals surface area contributed by atoms with Gasteiger partial charge in [0.15, 0.2) is 0 Å². The van der Waals surface area contributed by atoms with E-state index in [2.05, 4.69) is 14.9 Å². The summed E-state index contributed by atoms with van der Waals surface area (Å²) in [6.45, 7) is 0. The van der Waals surface area contributed by atoms with Crippen LogP contribution in [-0.4, -0.2) is 16.6 Å². The van der Waals surface area contributed by atoms with Crippen LogP contribution in [0.3, 0.4) is 0 Å². The molecule has 2 aromatic rings. The van der Waals surface area contributed by atoms with Crippen molar-refractivity contribution in [2.24, 2.45) is 0 Å². The van der Waals surface area contributed by atoms with Gasteiger partial charge < -0.3 is 10.5 Å². The van der Waals surface area contributed by atoms with Crippen LogP contribution in [0, 0.1) is 0 Å². The second kappa shape index (κ2) is 4.21. The molecule has 1 heterocycles. The fraction of sp³-hybridized carbons (Fsp3) is 0.111. The number of nitrogens with two attached hydrogens (primary N) is 1. The summed E-state index contributed by atoms with van der Waals surface area (Å²) < 4.78 is 39.5. The molecule has 2 rings (SSSR count). The van der Waals surface area contributed by atoms with Gasteiger partial charge in [0.05, 0.1) is 0 Å². The van der Waals surface area contributed by atoms with Crippen molar-refractivity contribution in [3.8, 4) is 16.3 Å². The van der Waals surface area contributed by atoms with Gasteiger partial charge in [-0.2, -0.15) is 0 Å². The Balaban J connectivity index is 2.19. The van der Waals surface area contributed by atoms with Crippen LogP contribution in [0.2, 0.25) is 0 Å². The number of aromatic nitrogens is 2. The smallest absolute Gasteiger partial charge is 0.406 e. The van der Waals surface area contributed by atoms with Crippen LogP contribution in [0.15, 0.2) is 24.3 Å². The topological polar surface area (TPSA) is 61.0 Å². The number of benzene rings is 1. The number of hydrogen-bond acceptors (Lipinski definition) is 5. The first-order chi connectivity index (χ1) is 7.94. The first-order valence-electron chi connectivity index (χ1n) is 4.39. The van der Waals surface area contributed by atoms with E-state index >= 15 is 0 Å². The highest BCUT2D eigenvalue weighted by atomic mass is 32.1. The van der Waals surface area contributed by atoms with E-state index in [0.717, 1.165) is 11.3 Å². The standard InChI is InChI=1S/C9H6F3N3OS/c10-9(11,12)16-6-3-1-5(2-4-6)7-14-15-8(13)17-7/h1-4H,(H2,13,15). The Hall–Kier alpha value is -1.83. The van der Waals surface area contributed by atoms with Gasteiger partial charge in [0.25, 0.3) is 0 Å². The summed E-state index contributed by atoms with van der Waals surface area (Å²) in [5, 5.41) is 8.22. The first kappa shape index (κ1) is 11.6. The number of hydrogen-bond donors (Lipinski definition) is 1. The Bertz CT molecular complexity index is 509. The molecule has 90 valence electrons. The van der Waals surface area contributed by atoms with Gasteiger partial charge in [-0.25, -0.2) is 0 Å². The average molecular weight is 261 g/mol. The van der Waals surface area contributed by atoms with E-state index in [1.807, 2.05) is 0 Å². The minimum absolute atomic E-state index is 0.279. The van der Waals surface area contributed by atoms with Crippen molar-refractivity contribution < 1.29 is 17.9 Å². The molecule has 0 atom stereocenters. The van der Waals surface area contributed by atoms with Crippen molar-refractivity contribution in [2.45, 2.75) is 6.36 Å². The van der Waals surface area contributed by atoms with Crippen LogP contribution in [-0.2, 0) is 0 Å². The predicted octanol–water partition coefficient (Wildman–Crippen LogP) is 2.69. The molecule has 0 aliphatic heterocycles. The van der Waals surface area contributed by atoms with Crippen molar-refractivity contribution in [1.29, 1.82) is 0 Å². The number of halogens is 3. The highest BCUT2D eigenvalue weighted by Crippen LogP contribution is 2.28. The molecule has 2 N–H and O–H groups in total. The van der Waals surface area contributed by atoms with E-state index in [-0.39, 0.29) is 5.75 Å². The Morgan fingerprint density at radius 1 is 1.12 bits per heavy atom. The Labute approximate surface area is 97.9 Å². The number of nitrogens with zero attached hydrogens (tertiary/aromatic N) is 2. The fourth-order valence-electron chi connectivity index (χ4n) is 1.15. The third kappa shape index (κ3) is 3.06. The summed E-state index contributed by atoms with van der Waals surface area (Å²) in [5.74, 6) is -0.279. The van der Waals surface area contributed by atoms with Crippen molar-refractivity contribution in [2.75, 3.05) is 5.73 Å². The second-order valence-electron chi connectivity index (χ2n) is 3.02. The van der Waals surface area contributed by atoms with Gasteiger partial charge in [0.1, 0.15) is 10.8 Å². The zero-order valence-electron chi connectivity index (χ0n) is 8.23. The normalized spacial score (nSPS) is 11.5. The molecule has 0 aliphatic carbocycles. The van der Waals surface area contributed by atoms with Crippen LogP contribution in [0.1, 0.15) is 0 Å². The number of nitrogen functional groups attached to an aromatic ring is 1. The number of rotatable bonds is 2. The van der Waals surface area contributed by atoms with Crippen molar-refractivity contribution in [3.05, 3.63) is 24.3 Å². The minimum Gasteiger partial charge on any atom is -0.406 e. The van der Waals surface area contributed by atoms with Gasteiger partial charge >= 0.3 is 6.36 Å². The van der Waals surface area contributed by atoms with Crippen LogP contribution in [0.5, 0.6) is 5.75 Å². The summed E-state index contributed by atoms with van der Waals surface area (Å²) in [4.78, 5) is 0. The summed E-state index contributed by atoms with van der Waals surface area (Å²) in [6.07, 6.45) is -4.69. The van der Waals surface area contributed by atoms with E-state index in [9.17, 15) is 13.2 Å². The molecule has 1 aromatic carbocycles. The number of alkyl halides is 3. The molecule has 0 bridgehead atoms. The minimum atomic E-state index is -4.69. The van der Waals surface area contributed by atoms with Crippen LogP contribution in [0.25, 0.3) is 10.6 Å². The summed E-state index contributed by atoms with van der Waals surface area (Å²) in [6, 6.07) is 5.34. The summed E-state index contributed by atoms with van der Waals surface area (Å²) in [7, 11) is 0. The summed E-state index contributed by atoms with van der Waals surface area (Å²) in [5.41, 5.74) is 6.03. The number of anilines is 1. The Morgan fingerprint density at radius 2 is 1.76 bits per heavy atom. The molecule has 0 saturated heterocycles. The largest absolute Gasteiger partial charge is 0.573 e. The lowest BCUT2D eigenvalue weighted by atomic mass is 10.2. The van der Waals surface area contributed by atoms with Gasteiger partial charge in [0, 0.05) is 5.56 Å². The molecule has 0 saturated carbocycles. The highest BCUT2D eigenvalue weighted by molar-refractivity contribution is 7.18. The van der Waals surface area contributed by atoms with Gasteiger partial charge in [0.2, 0.25) is 5.13 Å². The van der Waals surface area contributed by atoms with Gasteiger partial charge in [-0.3, -0.25) is 0 Å². The molecule has 0 unspecified atom stereocenters. The molecule has 8 heteroatoms. The van der Waals surface area contributed by atoms with Gasteiger partial charge in [-0.05, 0) is 24.3 Å². The zero-order chi connectivity index (χ0) is 12.5. The van der Waals surface area contributed by atoms with E-state index in [1.165, 1.54) is 24.3 Å². The maximum atomic E-state index is 11.9. The fourth-order valence-corrected chi connectivity index (χ4v) is 1.77. The molecule has 0 fully saturated rings. The molecule has 0 radical (unpaired) electrons. The molecule has 4 nitrogen and oxygen atoms in total. The van der Waals surface area contributed by atoms with E-state index in [4.69, 9.17) is 5.73 Å².